The molecule has 1 aromatic rings. The molecule has 0 atom stereocenters. The van der Waals surface area contributed by atoms with E-state index in [4.69, 9.17) is 5.73 Å². The fourth-order valence-corrected chi connectivity index (χ4v) is 1.66. The van der Waals surface area contributed by atoms with Crippen molar-refractivity contribution in [1.82, 2.24) is 4.72 Å². The van der Waals surface area contributed by atoms with Crippen LogP contribution in [0.3, 0.4) is 0 Å². The molecule has 1 rings (SSSR count). The first-order chi connectivity index (χ1) is 6.47. The number of rotatable bonds is 3. The minimum absolute atomic E-state index is 0.527. The molecule has 0 unspecified atom stereocenters. The van der Waals surface area contributed by atoms with Crippen LogP contribution in [0, 0.1) is 0 Å². The number of nitrogens with one attached hydrogen (secondary N) is 1. The zero-order valence-electron chi connectivity index (χ0n) is 8.06. The minimum atomic E-state index is -3.44. The molecule has 0 aliphatic carbocycles. The first kappa shape index (κ1) is 10.8. The van der Waals surface area contributed by atoms with Gasteiger partial charge in [-0.05, 0) is 18.2 Å². The van der Waals surface area contributed by atoms with E-state index in [2.05, 4.69) is 4.72 Å². The maximum absolute atomic E-state index is 11.4. The summed E-state index contributed by atoms with van der Waals surface area (Å²) >= 11 is 0. The summed E-state index contributed by atoms with van der Waals surface area (Å²) in [7, 11) is -0.622. The molecule has 0 fully saturated rings. The lowest BCUT2D eigenvalue weighted by molar-refractivity contribution is 0.586. The van der Waals surface area contributed by atoms with Gasteiger partial charge in [0.15, 0.2) is 0 Å². The highest BCUT2D eigenvalue weighted by Crippen LogP contribution is 2.17. The molecule has 78 valence electrons. The summed E-state index contributed by atoms with van der Waals surface area (Å²) in [6.07, 6.45) is 0. The Hall–Kier alpha value is -1.27. The number of nitrogens with two attached hydrogens (primary N) is 1. The van der Waals surface area contributed by atoms with Crippen LogP contribution in [0.15, 0.2) is 24.3 Å². The van der Waals surface area contributed by atoms with Gasteiger partial charge in [0.1, 0.15) is 0 Å². The summed E-state index contributed by atoms with van der Waals surface area (Å²) in [5, 5.41) is 0. The minimum Gasteiger partial charge on any atom is -0.399 e. The summed E-state index contributed by atoms with van der Waals surface area (Å²) in [5.41, 5.74) is 6.59. The van der Waals surface area contributed by atoms with Crippen molar-refractivity contribution in [2.45, 2.75) is 0 Å². The molecule has 0 aliphatic heterocycles. The molecule has 0 aromatic heterocycles. The Kier molecular flexibility index (Phi) is 2.97. The van der Waals surface area contributed by atoms with E-state index >= 15 is 0 Å². The Bertz CT molecular complexity index is 416. The Morgan fingerprint density at radius 1 is 1.43 bits per heavy atom. The first-order valence-corrected chi connectivity index (χ1v) is 5.44. The van der Waals surface area contributed by atoms with Crippen molar-refractivity contribution in [1.29, 1.82) is 0 Å². The summed E-state index contributed by atoms with van der Waals surface area (Å²) in [4.78, 5) is 0. The fraction of sp³-hybridized carbons (Fsp3) is 0.250. The standard InChI is InChI=1S/C8H13N3O2S/c1-10-14(12,13)11(2)8-5-3-4-7(9)6-8/h3-6,10H,9H2,1-2H3. The third-order valence-electron chi connectivity index (χ3n) is 1.85. The molecule has 0 saturated carbocycles. The number of nitrogens with zero attached hydrogens (tertiary/aromatic N) is 1. The molecule has 3 N–H and O–H groups in total. The number of hydrogen-bond donors (Lipinski definition) is 2. The van der Waals surface area contributed by atoms with E-state index in [0.717, 1.165) is 4.31 Å². The molecule has 1 aromatic carbocycles. The molecular formula is C8H13N3O2S. The van der Waals surface area contributed by atoms with Crippen molar-refractivity contribution in [3.05, 3.63) is 24.3 Å². The molecule has 14 heavy (non-hydrogen) atoms. The van der Waals surface area contributed by atoms with Gasteiger partial charge in [-0.1, -0.05) is 6.07 Å². The van der Waals surface area contributed by atoms with Crippen LogP contribution in [-0.4, -0.2) is 22.5 Å². The van der Waals surface area contributed by atoms with Gasteiger partial charge >= 0.3 is 10.2 Å². The molecule has 5 nitrogen and oxygen atoms in total. The molecule has 0 amide bonds. The first-order valence-electron chi connectivity index (χ1n) is 4.00. The Balaban J connectivity index is 3.07. The highest BCUT2D eigenvalue weighted by atomic mass is 32.2. The second kappa shape index (κ2) is 3.85. The Morgan fingerprint density at radius 3 is 2.57 bits per heavy atom. The maximum Gasteiger partial charge on any atom is 0.301 e. The van der Waals surface area contributed by atoms with Gasteiger partial charge in [-0.25, -0.2) is 4.72 Å². The lowest BCUT2D eigenvalue weighted by atomic mass is 10.3. The van der Waals surface area contributed by atoms with E-state index in [-0.39, 0.29) is 0 Å². The average molecular weight is 215 g/mol. The highest BCUT2D eigenvalue weighted by molar-refractivity contribution is 7.90. The van der Waals surface area contributed by atoms with Gasteiger partial charge in [-0.3, -0.25) is 4.31 Å². The molecule has 0 heterocycles. The summed E-state index contributed by atoms with van der Waals surface area (Å²) in [5.74, 6) is 0. The predicted molar refractivity (Wildman–Crippen MR) is 57.2 cm³/mol. The van der Waals surface area contributed by atoms with Crippen molar-refractivity contribution in [3.8, 4) is 0 Å². The van der Waals surface area contributed by atoms with Crippen LogP contribution in [0.4, 0.5) is 11.4 Å². The molecule has 0 spiro atoms. The Morgan fingerprint density at radius 2 is 2.07 bits per heavy atom. The van der Waals surface area contributed by atoms with Gasteiger partial charge in [-0.15, -0.1) is 0 Å². The van der Waals surface area contributed by atoms with Gasteiger partial charge in [0.05, 0.1) is 5.69 Å². The van der Waals surface area contributed by atoms with Crippen molar-refractivity contribution in [2.24, 2.45) is 0 Å². The van der Waals surface area contributed by atoms with Crippen LogP contribution in [0.1, 0.15) is 0 Å². The van der Waals surface area contributed by atoms with Gasteiger partial charge in [0.2, 0.25) is 0 Å². The highest BCUT2D eigenvalue weighted by Gasteiger charge is 2.15. The van der Waals surface area contributed by atoms with E-state index in [1.54, 1.807) is 24.3 Å². The van der Waals surface area contributed by atoms with Crippen LogP contribution in [0.5, 0.6) is 0 Å². The summed E-state index contributed by atoms with van der Waals surface area (Å²) in [6.45, 7) is 0. The van der Waals surface area contributed by atoms with Crippen molar-refractivity contribution < 1.29 is 8.42 Å². The number of benzene rings is 1. The molecule has 0 aliphatic rings. The van der Waals surface area contributed by atoms with Crippen LogP contribution < -0.4 is 14.8 Å². The number of anilines is 2. The van der Waals surface area contributed by atoms with Crippen molar-refractivity contribution in [3.63, 3.8) is 0 Å². The third-order valence-corrected chi connectivity index (χ3v) is 3.30. The monoisotopic (exact) mass is 215 g/mol. The fourth-order valence-electron chi connectivity index (χ4n) is 0.996. The molecular weight excluding hydrogens is 202 g/mol. The summed E-state index contributed by atoms with van der Waals surface area (Å²) < 4.78 is 26.1. The normalized spacial score (nSPS) is 11.3. The van der Waals surface area contributed by atoms with Gasteiger partial charge in [0, 0.05) is 19.8 Å². The van der Waals surface area contributed by atoms with E-state index < -0.39 is 10.2 Å². The van der Waals surface area contributed by atoms with Crippen LogP contribution in [0.25, 0.3) is 0 Å². The third kappa shape index (κ3) is 2.15. The molecule has 0 bridgehead atoms. The lowest BCUT2D eigenvalue weighted by Crippen LogP contribution is -2.35. The Labute approximate surface area is 83.7 Å². The zero-order chi connectivity index (χ0) is 10.8. The van der Waals surface area contributed by atoms with Gasteiger partial charge in [-0.2, -0.15) is 8.42 Å². The summed E-state index contributed by atoms with van der Waals surface area (Å²) in [6, 6.07) is 6.66. The number of nitrogen functional groups attached to an aromatic ring is 1. The molecule has 6 heteroatoms. The maximum atomic E-state index is 11.4. The van der Waals surface area contributed by atoms with Gasteiger partial charge in [0.25, 0.3) is 0 Å². The SMILES string of the molecule is CNS(=O)(=O)N(C)c1cccc(N)c1. The average Bonchev–Trinajstić information content (AvgIpc) is 2.16. The van der Waals surface area contributed by atoms with E-state index in [9.17, 15) is 8.42 Å². The topological polar surface area (TPSA) is 75.4 Å². The molecule has 0 radical (unpaired) electrons. The van der Waals surface area contributed by atoms with E-state index in [1.807, 2.05) is 0 Å². The smallest absolute Gasteiger partial charge is 0.301 e. The second-order valence-corrected chi connectivity index (χ2v) is 4.68. The zero-order valence-corrected chi connectivity index (χ0v) is 8.88. The van der Waals surface area contributed by atoms with Gasteiger partial charge < -0.3 is 5.73 Å². The van der Waals surface area contributed by atoms with Crippen LogP contribution >= 0.6 is 0 Å². The van der Waals surface area contributed by atoms with Crippen LogP contribution in [0.2, 0.25) is 0 Å². The predicted octanol–water partition coefficient (Wildman–Crippen LogP) is 0.169. The largest absolute Gasteiger partial charge is 0.399 e. The quantitative estimate of drug-likeness (QED) is 0.706. The van der Waals surface area contributed by atoms with E-state index in [0.29, 0.717) is 11.4 Å². The molecule has 0 saturated heterocycles. The van der Waals surface area contributed by atoms with Crippen molar-refractivity contribution >= 4 is 21.6 Å². The van der Waals surface area contributed by atoms with Crippen LogP contribution in [-0.2, 0) is 10.2 Å². The van der Waals surface area contributed by atoms with E-state index in [1.165, 1.54) is 14.1 Å². The van der Waals surface area contributed by atoms with Crippen molar-refractivity contribution in [2.75, 3.05) is 24.1 Å². The second-order valence-electron chi connectivity index (χ2n) is 2.77. The lowest BCUT2D eigenvalue weighted by Gasteiger charge is -2.18. The number of hydrogen-bond acceptors (Lipinski definition) is 3.